The van der Waals surface area contributed by atoms with Crippen molar-refractivity contribution in [1.29, 1.82) is 0 Å². The summed E-state index contributed by atoms with van der Waals surface area (Å²) in [5.74, 6) is -2.04. The Bertz CT molecular complexity index is 947. The van der Waals surface area contributed by atoms with Gasteiger partial charge in [0.15, 0.2) is 0 Å². The summed E-state index contributed by atoms with van der Waals surface area (Å²) in [5.41, 5.74) is 2.85. The Balaban J connectivity index is 1.67. The highest BCUT2D eigenvalue weighted by atomic mass is 16.5. The molecule has 2 aromatic rings. The molecular weight excluding hydrogens is 380 g/mol. The van der Waals surface area contributed by atoms with Gasteiger partial charge in [0, 0.05) is 5.69 Å². The van der Waals surface area contributed by atoms with E-state index in [0.29, 0.717) is 0 Å². The standard InChI is InChI=1S/C19H18N4O6/c24-16(23-28)9-15-18(26)21-14-7-6-12(8-13(14)17(25)22-15)20-19(27)29-10-11-4-2-1-3-5-11/h1-8,15,28H,9-10H2,(H,20,27)(H,21,26)(H,22,25)(H,23,24). The predicted octanol–water partition coefficient (Wildman–Crippen LogP) is 1.38. The van der Waals surface area contributed by atoms with Crippen LogP contribution in [0.3, 0.4) is 0 Å². The van der Waals surface area contributed by atoms with Crippen molar-refractivity contribution in [2.45, 2.75) is 19.1 Å². The first-order valence-electron chi connectivity index (χ1n) is 8.62. The lowest BCUT2D eigenvalue weighted by molar-refractivity contribution is -0.131. The van der Waals surface area contributed by atoms with E-state index in [1.54, 1.807) is 0 Å². The summed E-state index contributed by atoms with van der Waals surface area (Å²) in [7, 11) is 0. The third kappa shape index (κ3) is 5.08. The Kier molecular flexibility index (Phi) is 6.05. The summed E-state index contributed by atoms with van der Waals surface area (Å²) in [6, 6.07) is 12.3. The fourth-order valence-corrected chi connectivity index (χ4v) is 2.69. The van der Waals surface area contributed by atoms with E-state index in [4.69, 9.17) is 9.94 Å². The average molecular weight is 398 g/mol. The number of rotatable bonds is 5. The summed E-state index contributed by atoms with van der Waals surface area (Å²) < 4.78 is 5.13. The quantitative estimate of drug-likeness (QED) is 0.380. The Morgan fingerprint density at radius 3 is 2.59 bits per heavy atom. The number of hydroxylamine groups is 1. The van der Waals surface area contributed by atoms with Gasteiger partial charge in [-0.3, -0.25) is 24.9 Å². The van der Waals surface area contributed by atoms with E-state index in [1.807, 2.05) is 30.3 Å². The number of hydrogen-bond donors (Lipinski definition) is 5. The summed E-state index contributed by atoms with van der Waals surface area (Å²) in [6.45, 7) is 0.0861. The van der Waals surface area contributed by atoms with Crippen LogP contribution in [0.25, 0.3) is 0 Å². The van der Waals surface area contributed by atoms with Gasteiger partial charge in [0.05, 0.1) is 17.7 Å². The molecule has 1 heterocycles. The molecule has 1 atom stereocenters. The lowest BCUT2D eigenvalue weighted by Crippen LogP contribution is -2.44. The van der Waals surface area contributed by atoms with Gasteiger partial charge in [-0.1, -0.05) is 30.3 Å². The Labute approximate surface area is 165 Å². The molecule has 0 spiro atoms. The first-order chi connectivity index (χ1) is 14.0. The molecule has 0 saturated heterocycles. The van der Waals surface area contributed by atoms with E-state index >= 15 is 0 Å². The summed E-state index contributed by atoms with van der Waals surface area (Å²) >= 11 is 0. The Morgan fingerprint density at radius 1 is 1.10 bits per heavy atom. The van der Waals surface area contributed by atoms with Gasteiger partial charge in [-0.25, -0.2) is 10.3 Å². The molecule has 5 N–H and O–H groups in total. The first kappa shape index (κ1) is 19.8. The van der Waals surface area contributed by atoms with Gasteiger partial charge in [-0.05, 0) is 23.8 Å². The number of anilines is 2. The van der Waals surface area contributed by atoms with Crippen molar-refractivity contribution in [2.24, 2.45) is 0 Å². The molecule has 1 aliphatic heterocycles. The molecule has 2 aromatic carbocycles. The molecule has 0 saturated carbocycles. The Hall–Kier alpha value is -3.92. The summed E-state index contributed by atoms with van der Waals surface area (Å²) in [5, 5.41) is 16.1. The molecule has 150 valence electrons. The maximum Gasteiger partial charge on any atom is 0.411 e. The van der Waals surface area contributed by atoms with Gasteiger partial charge in [-0.15, -0.1) is 0 Å². The number of ether oxygens (including phenoxy) is 1. The number of nitrogens with one attached hydrogen (secondary N) is 4. The molecule has 1 unspecified atom stereocenters. The van der Waals surface area contributed by atoms with Crippen LogP contribution in [0.1, 0.15) is 22.3 Å². The monoisotopic (exact) mass is 398 g/mol. The molecule has 0 radical (unpaired) electrons. The number of benzene rings is 2. The van der Waals surface area contributed by atoms with Gasteiger partial charge >= 0.3 is 6.09 Å². The van der Waals surface area contributed by atoms with Gasteiger partial charge in [0.25, 0.3) is 5.91 Å². The van der Waals surface area contributed by atoms with E-state index in [0.717, 1.165) is 5.56 Å². The van der Waals surface area contributed by atoms with E-state index < -0.39 is 36.3 Å². The minimum Gasteiger partial charge on any atom is -0.444 e. The minimum atomic E-state index is -1.16. The highest BCUT2D eigenvalue weighted by Gasteiger charge is 2.29. The molecular formula is C19H18N4O6. The number of carbonyl (C=O) groups is 4. The van der Waals surface area contributed by atoms with Crippen LogP contribution in [-0.2, 0) is 20.9 Å². The largest absolute Gasteiger partial charge is 0.444 e. The first-order valence-corrected chi connectivity index (χ1v) is 8.62. The molecule has 10 nitrogen and oxygen atoms in total. The maximum atomic E-state index is 12.4. The molecule has 0 bridgehead atoms. The number of carbonyl (C=O) groups excluding carboxylic acids is 4. The zero-order chi connectivity index (χ0) is 20.8. The van der Waals surface area contributed by atoms with Gasteiger partial charge < -0.3 is 15.4 Å². The molecule has 29 heavy (non-hydrogen) atoms. The van der Waals surface area contributed by atoms with E-state index in [2.05, 4.69) is 16.0 Å². The molecule has 10 heteroatoms. The minimum absolute atomic E-state index is 0.0861. The number of amides is 4. The zero-order valence-corrected chi connectivity index (χ0v) is 15.1. The second-order valence-corrected chi connectivity index (χ2v) is 6.20. The summed E-state index contributed by atoms with van der Waals surface area (Å²) in [4.78, 5) is 47.9. The number of fused-ring (bicyclic) bond motifs is 1. The highest BCUT2D eigenvalue weighted by Crippen LogP contribution is 2.23. The van der Waals surface area contributed by atoms with Crippen LogP contribution < -0.4 is 21.4 Å². The van der Waals surface area contributed by atoms with Crippen molar-refractivity contribution < 1.29 is 29.1 Å². The fraction of sp³-hybridized carbons (Fsp3) is 0.158. The van der Waals surface area contributed by atoms with Gasteiger partial charge in [-0.2, -0.15) is 0 Å². The molecule has 3 rings (SSSR count). The van der Waals surface area contributed by atoms with E-state index in [1.165, 1.54) is 23.7 Å². The molecule has 0 aliphatic carbocycles. The lowest BCUT2D eigenvalue weighted by atomic mass is 10.1. The van der Waals surface area contributed by atoms with Crippen LogP contribution in [-0.4, -0.2) is 35.1 Å². The molecule has 0 aromatic heterocycles. The lowest BCUT2D eigenvalue weighted by Gasteiger charge is -2.12. The second-order valence-electron chi connectivity index (χ2n) is 6.20. The third-order valence-corrected chi connectivity index (χ3v) is 4.12. The molecule has 4 amide bonds. The third-order valence-electron chi connectivity index (χ3n) is 4.12. The van der Waals surface area contributed by atoms with Gasteiger partial charge in [0.1, 0.15) is 12.6 Å². The zero-order valence-electron chi connectivity index (χ0n) is 15.1. The van der Waals surface area contributed by atoms with Crippen LogP contribution in [0.15, 0.2) is 48.5 Å². The molecule has 0 fully saturated rings. The SMILES string of the molecule is O=C(CC1NC(=O)c2cc(NC(=O)OCc3ccccc3)ccc2NC1=O)NO. The van der Waals surface area contributed by atoms with Crippen LogP contribution >= 0.6 is 0 Å². The molecule has 1 aliphatic rings. The smallest absolute Gasteiger partial charge is 0.411 e. The van der Waals surface area contributed by atoms with Crippen molar-refractivity contribution >= 4 is 35.2 Å². The van der Waals surface area contributed by atoms with Crippen molar-refractivity contribution in [2.75, 3.05) is 10.6 Å². The van der Waals surface area contributed by atoms with Crippen molar-refractivity contribution in [3.63, 3.8) is 0 Å². The van der Waals surface area contributed by atoms with Crippen molar-refractivity contribution in [3.05, 3.63) is 59.7 Å². The maximum absolute atomic E-state index is 12.4. The van der Waals surface area contributed by atoms with Crippen LogP contribution in [0.2, 0.25) is 0 Å². The second kappa shape index (κ2) is 8.85. The number of hydrogen-bond acceptors (Lipinski definition) is 6. The van der Waals surface area contributed by atoms with Crippen LogP contribution in [0, 0.1) is 0 Å². The van der Waals surface area contributed by atoms with Crippen molar-refractivity contribution in [3.8, 4) is 0 Å². The average Bonchev–Trinajstić information content (AvgIpc) is 2.83. The fourth-order valence-electron chi connectivity index (χ4n) is 2.69. The highest BCUT2D eigenvalue weighted by molar-refractivity contribution is 6.11. The van der Waals surface area contributed by atoms with Crippen LogP contribution in [0.5, 0.6) is 0 Å². The van der Waals surface area contributed by atoms with E-state index in [9.17, 15) is 19.2 Å². The van der Waals surface area contributed by atoms with E-state index in [-0.39, 0.29) is 23.5 Å². The topological polar surface area (TPSA) is 146 Å². The summed E-state index contributed by atoms with van der Waals surface area (Å²) in [6.07, 6.45) is -1.14. The van der Waals surface area contributed by atoms with Crippen molar-refractivity contribution in [1.82, 2.24) is 10.8 Å². The normalized spacial score (nSPS) is 15.3. The van der Waals surface area contributed by atoms with Gasteiger partial charge in [0.2, 0.25) is 11.8 Å². The predicted molar refractivity (Wildman–Crippen MR) is 101 cm³/mol. The Morgan fingerprint density at radius 2 is 1.86 bits per heavy atom. The van der Waals surface area contributed by atoms with Crippen LogP contribution in [0.4, 0.5) is 16.2 Å².